The molecule has 2 aliphatic rings. The molecule has 1 saturated carbocycles. The zero-order valence-corrected chi connectivity index (χ0v) is 6.77. The average molecular weight is 164 g/mol. The molecule has 1 saturated heterocycles. The summed E-state index contributed by atoms with van der Waals surface area (Å²) in [7, 11) is 0. The van der Waals surface area contributed by atoms with Gasteiger partial charge in [0.1, 0.15) is 0 Å². The summed E-state index contributed by atoms with van der Waals surface area (Å²) in [6.07, 6.45) is 2.59. The van der Waals surface area contributed by atoms with Gasteiger partial charge in [0.05, 0.1) is 13.2 Å². The first-order valence-electron chi connectivity index (χ1n) is 3.71. The number of hydrogen-bond donors (Lipinski definition) is 1. The van der Waals surface area contributed by atoms with Crippen LogP contribution in [-0.2, 0) is 4.74 Å². The van der Waals surface area contributed by atoms with Crippen LogP contribution in [0.4, 0.5) is 0 Å². The molecular weight excluding hydrogens is 150 g/mol. The molecule has 1 aliphatic heterocycles. The summed E-state index contributed by atoms with van der Waals surface area (Å²) >= 11 is 0. The standard InChI is InChI=1S/C7H13NO.ClH/c8-7-5-1-2-6(7)4-9-3-5;/h5-7H,1-4,8H2;1H. The molecule has 0 spiro atoms. The number of nitrogens with two attached hydrogens (primary N) is 1. The second-order valence-corrected chi connectivity index (χ2v) is 3.21. The summed E-state index contributed by atoms with van der Waals surface area (Å²) < 4.78 is 5.35. The van der Waals surface area contributed by atoms with Crippen LogP contribution in [0.15, 0.2) is 0 Å². The van der Waals surface area contributed by atoms with E-state index in [4.69, 9.17) is 10.5 Å². The molecule has 2 N–H and O–H groups in total. The Morgan fingerprint density at radius 2 is 1.60 bits per heavy atom. The number of halogens is 1. The Morgan fingerprint density at radius 3 is 2.00 bits per heavy atom. The van der Waals surface area contributed by atoms with Crippen molar-refractivity contribution < 1.29 is 4.74 Å². The highest BCUT2D eigenvalue weighted by molar-refractivity contribution is 5.85. The molecule has 2 rings (SSSR count). The smallest absolute Gasteiger partial charge is 0.0509 e. The van der Waals surface area contributed by atoms with Crippen molar-refractivity contribution in [2.24, 2.45) is 17.6 Å². The molecule has 0 aromatic heterocycles. The predicted molar refractivity (Wildman–Crippen MR) is 42.3 cm³/mol. The maximum atomic E-state index is 5.90. The van der Waals surface area contributed by atoms with Gasteiger partial charge in [-0.3, -0.25) is 0 Å². The third-order valence-corrected chi connectivity index (χ3v) is 2.66. The van der Waals surface area contributed by atoms with Gasteiger partial charge in [-0.15, -0.1) is 12.4 Å². The van der Waals surface area contributed by atoms with Gasteiger partial charge in [-0.2, -0.15) is 0 Å². The third kappa shape index (κ3) is 1.16. The van der Waals surface area contributed by atoms with Gasteiger partial charge < -0.3 is 10.5 Å². The molecular formula is C7H14ClNO. The van der Waals surface area contributed by atoms with Crippen molar-refractivity contribution in [3.63, 3.8) is 0 Å². The summed E-state index contributed by atoms with van der Waals surface area (Å²) in [4.78, 5) is 0. The summed E-state index contributed by atoms with van der Waals surface area (Å²) in [5.74, 6) is 1.37. The van der Waals surface area contributed by atoms with E-state index in [9.17, 15) is 0 Å². The summed E-state index contributed by atoms with van der Waals surface area (Å²) in [5.41, 5.74) is 5.90. The number of rotatable bonds is 0. The van der Waals surface area contributed by atoms with Gasteiger partial charge in [0, 0.05) is 6.04 Å². The van der Waals surface area contributed by atoms with Gasteiger partial charge >= 0.3 is 0 Å². The van der Waals surface area contributed by atoms with Crippen LogP contribution in [0, 0.1) is 11.8 Å². The Bertz CT molecular complexity index is 104. The summed E-state index contributed by atoms with van der Waals surface area (Å²) in [5, 5.41) is 0. The molecule has 0 radical (unpaired) electrons. The maximum Gasteiger partial charge on any atom is 0.0509 e. The van der Waals surface area contributed by atoms with E-state index in [2.05, 4.69) is 0 Å². The van der Waals surface area contributed by atoms with Crippen LogP contribution in [0.1, 0.15) is 12.8 Å². The second kappa shape index (κ2) is 3.07. The van der Waals surface area contributed by atoms with Gasteiger partial charge in [0.2, 0.25) is 0 Å². The fraction of sp³-hybridized carbons (Fsp3) is 1.00. The fourth-order valence-corrected chi connectivity index (χ4v) is 1.96. The number of ether oxygens (including phenoxy) is 1. The normalized spacial score (nSPS) is 44.7. The van der Waals surface area contributed by atoms with Gasteiger partial charge in [-0.1, -0.05) is 0 Å². The van der Waals surface area contributed by atoms with Crippen molar-refractivity contribution in [1.82, 2.24) is 0 Å². The second-order valence-electron chi connectivity index (χ2n) is 3.21. The van der Waals surface area contributed by atoms with Crippen LogP contribution >= 0.6 is 12.4 Å². The van der Waals surface area contributed by atoms with Crippen LogP contribution in [-0.4, -0.2) is 19.3 Å². The molecule has 0 aromatic carbocycles. The molecule has 0 amide bonds. The van der Waals surface area contributed by atoms with Gasteiger partial charge in [-0.25, -0.2) is 0 Å². The maximum absolute atomic E-state index is 5.90. The van der Waals surface area contributed by atoms with Crippen molar-refractivity contribution in [2.45, 2.75) is 18.9 Å². The SMILES string of the molecule is Cl.NC1C2CCC1COC2. The minimum absolute atomic E-state index is 0. The Kier molecular flexibility index (Phi) is 2.55. The van der Waals surface area contributed by atoms with E-state index in [1.807, 2.05) is 0 Å². The average Bonchev–Trinajstić information content (AvgIpc) is 2.19. The Balaban J connectivity index is 0.000000500. The Labute approximate surface area is 67.5 Å². The minimum atomic E-state index is 0. The van der Waals surface area contributed by atoms with E-state index in [0.29, 0.717) is 17.9 Å². The lowest BCUT2D eigenvalue weighted by Crippen LogP contribution is -2.40. The van der Waals surface area contributed by atoms with E-state index < -0.39 is 0 Å². The molecule has 1 heterocycles. The van der Waals surface area contributed by atoms with Gasteiger partial charge in [0.15, 0.2) is 0 Å². The van der Waals surface area contributed by atoms with Crippen molar-refractivity contribution in [3.05, 3.63) is 0 Å². The van der Waals surface area contributed by atoms with Crippen molar-refractivity contribution >= 4 is 12.4 Å². The van der Waals surface area contributed by atoms with E-state index >= 15 is 0 Å². The zero-order chi connectivity index (χ0) is 6.27. The van der Waals surface area contributed by atoms with Gasteiger partial charge in [-0.05, 0) is 24.7 Å². The molecule has 60 valence electrons. The first-order valence-corrected chi connectivity index (χ1v) is 3.71. The molecule has 3 heteroatoms. The molecule has 2 nitrogen and oxygen atoms in total. The molecule has 2 fully saturated rings. The van der Waals surface area contributed by atoms with Crippen molar-refractivity contribution in [1.29, 1.82) is 0 Å². The summed E-state index contributed by atoms with van der Waals surface area (Å²) in [6, 6.07) is 0.457. The highest BCUT2D eigenvalue weighted by atomic mass is 35.5. The molecule has 0 aromatic rings. The van der Waals surface area contributed by atoms with E-state index in [1.165, 1.54) is 12.8 Å². The highest BCUT2D eigenvalue weighted by Crippen LogP contribution is 2.33. The van der Waals surface area contributed by atoms with Crippen LogP contribution in [0.5, 0.6) is 0 Å². The Morgan fingerprint density at radius 1 is 1.10 bits per heavy atom. The third-order valence-electron chi connectivity index (χ3n) is 2.66. The largest absolute Gasteiger partial charge is 0.381 e. The topological polar surface area (TPSA) is 35.2 Å². The highest BCUT2D eigenvalue weighted by Gasteiger charge is 2.36. The molecule has 2 bridgehead atoms. The zero-order valence-electron chi connectivity index (χ0n) is 5.95. The first kappa shape index (κ1) is 8.31. The monoisotopic (exact) mass is 163 g/mol. The van der Waals surface area contributed by atoms with Crippen molar-refractivity contribution in [2.75, 3.05) is 13.2 Å². The van der Waals surface area contributed by atoms with Gasteiger partial charge in [0.25, 0.3) is 0 Å². The lowest BCUT2D eigenvalue weighted by molar-refractivity contribution is 0.0342. The minimum Gasteiger partial charge on any atom is -0.381 e. The van der Waals surface area contributed by atoms with Crippen LogP contribution in [0.25, 0.3) is 0 Å². The first-order chi connectivity index (χ1) is 4.38. The quantitative estimate of drug-likeness (QED) is 0.573. The van der Waals surface area contributed by atoms with E-state index in [-0.39, 0.29) is 12.4 Å². The molecule has 1 aliphatic carbocycles. The van der Waals surface area contributed by atoms with Crippen LogP contribution in [0.2, 0.25) is 0 Å². The summed E-state index contributed by atoms with van der Waals surface area (Å²) in [6.45, 7) is 1.83. The number of fused-ring (bicyclic) bond motifs is 2. The fourth-order valence-electron chi connectivity index (χ4n) is 1.96. The number of hydrogen-bond acceptors (Lipinski definition) is 2. The van der Waals surface area contributed by atoms with Crippen LogP contribution < -0.4 is 5.73 Å². The van der Waals surface area contributed by atoms with Crippen LogP contribution in [0.3, 0.4) is 0 Å². The van der Waals surface area contributed by atoms with Crippen molar-refractivity contribution in [3.8, 4) is 0 Å². The predicted octanol–water partition coefficient (Wildman–Crippen LogP) is 0.792. The van der Waals surface area contributed by atoms with E-state index in [0.717, 1.165) is 13.2 Å². The lowest BCUT2D eigenvalue weighted by atomic mass is 9.98. The molecule has 10 heavy (non-hydrogen) atoms. The van der Waals surface area contributed by atoms with E-state index in [1.54, 1.807) is 0 Å². The lowest BCUT2D eigenvalue weighted by Gasteiger charge is -2.26. The molecule has 2 atom stereocenters. The molecule has 2 unspecified atom stereocenters. The Hall–Kier alpha value is 0.210.